The second kappa shape index (κ2) is 38.9. The number of anilines is 2. The number of alkyl carbamates (subject to hydrolysis) is 1. The smallest absolute Gasteiger partial charge is 0.411 e. The molecular weight excluding hydrogens is 1250 g/mol. The van der Waals surface area contributed by atoms with Crippen molar-refractivity contribution in [3.05, 3.63) is 108 Å². The standard InChI is InChI=1S/C71H107N11O15/c1-18-45(8)60(55(93-15)39-56(83)82-36-24-30-54(82)61(94-16)46(9)62(84)77-53(67(89)95-17)38-47-25-20-19-21-26-47)81(14)66(88)58(43(4)5)78-65(87)59(44(6)7)80(13)40-49-27-22-28-51(37-49)75-69(91)96-41-48-31-33-50(34-32-48)74-63(85)52(29-23-35-73-68(72)90)76-64(86)57(42(2)3)79-70(92)97-71(10,11)12/h19-22,25-28,31-34,37,42-44,46,52-55,57-61H,8,18,23-24,29-30,35-36,38-41H2,1-7,9-17H3,(H,74,85)(H,75,91)(H,76,86)(H,77,84)(H,78,87)(H,79,92)(H3,72,73,90)/t46-,52+,53+,54+,55-,57+,58+,59+,60+,61-/m1/s1. The number of methoxy groups -OCH3 is 3. The molecule has 3 aromatic rings. The minimum Gasteiger partial charge on any atom is -0.467 e. The lowest BCUT2D eigenvalue weighted by atomic mass is 9.92. The summed E-state index contributed by atoms with van der Waals surface area (Å²) in [7, 11) is 7.66. The Morgan fingerprint density at radius 2 is 1.32 bits per heavy atom. The first-order valence-electron chi connectivity index (χ1n) is 33.2. The number of nitrogens with zero attached hydrogens (tertiary/aromatic N) is 3. The van der Waals surface area contributed by atoms with E-state index in [0.29, 0.717) is 48.3 Å². The van der Waals surface area contributed by atoms with Crippen LogP contribution >= 0.6 is 0 Å². The molecule has 0 aromatic heterocycles. The Kier molecular flexibility index (Phi) is 32.4. The molecule has 0 radical (unpaired) electrons. The van der Waals surface area contributed by atoms with E-state index in [-0.39, 0.29) is 74.9 Å². The molecule has 1 aliphatic rings. The summed E-state index contributed by atoms with van der Waals surface area (Å²) in [4.78, 5) is 140. The zero-order valence-corrected chi connectivity index (χ0v) is 59.5. The van der Waals surface area contributed by atoms with E-state index in [1.807, 2.05) is 75.9 Å². The lowest BCUT2D eigenvalue weighted by Gasteiger charge is -2.39. The SMILES string of the molecule is C=C(CC)[C@@H]([C@@H](CC(=O)N1CCC[C@H]1[C@H](OC)[C@@H](C)C(=O)N[C@@H](Cc1ccccc1)C(=O)OC)OC)N(C)C(=O)[C@@H](NC(=O)[C@H](C(C)C)N(C)Cc1cccc(NC(=O)OCc2ccc(NC(=O)[C@H](CCCNC(N)=O)NC(=O)[C@@H](NC(=O)OC(C)(C)C)C(C)C)cc2)c1)C(C)C. The van der Waals surface area contributed by atoms with Gasteiger partial charge in [0.25, 0.3) is 0 Å². The van der Waals surface area contributed by atoms with E-state index in [2.05, 4.69) is 43.8 Å². The number of hydrogen-bond donors (Lipinski definition) is 8. The van der Waals surface area contributed by atoms with Crippen molar-refractivity contribution in [2.24, 2.45) is 29.4 Å². The van der Waals surface area contributed by atoms with E-state index >= 15 is 0 Å². The van der Waals surface area contributed by atoms with Gasteiger partial charge in [-0.05, 0) is 119 Å². The summed E-state index contributed by atoms with van der Waals surface area (Å²) in [6, 6.07) is 16.1. The van der Waals surface area contributed by atoms with Gasteiger partial charge in [-0.25, -0.2) is 19.2 Å². The number of carbonyl (C=O) groups excluding carboxylic acids is 10. The molecule has 0 bridgehead atoms. The van der Waals surface area contributed by atoms with Crippen LogP contribution in [0.15, 0.2) is 91.0 Å². The van der Waals surface area contributed by atoms with E-state index in [0.717, 1.165) is 11.1 Å². The molecular formula is C71H107N11O15. The first-order chi connectivity index (χ1) is 45.7. The number of nitrogens with one attached hydrogen (secondary N) is 7. The molecule has 26 nitrogen and oxygen atoms in total. The Morgan fingerprint density at radius 1 is 0.680 bits per heavy atom. The number of urea groups is 1. The second-order valence-corrected chi connectivity index (χ2v) is 26.7. The lowest BCUT2D eigenvalue weighted by molar-refractivity contribution is -0.147. The van der Waals surface area contributed by atoms with E-state index in [1.54, 1.807) is 103 Å². The Bertz CT molecular complexity index is 3120. The molecule has 9 N–H and O–H groups in total. The number of nitrogens with two attached hydrogens (primary N) is 1. The lowest BCUT2D eigenvalue weighted by Crippen LogP contribution is -2.59. The monoisotopic (exact) mass is 1350 g/mol. The fourth-order valence-electron chi connectivity index (χ4n) is 11.9. The molecule has 1 fully saturated rings. The molecule has 26 heteroatoms. The molecule has 10 amide bonds. The number of hydrogen-bond acceptors (Lipinski definition) is 16. The Balaban J connectivity index is 1.39. The number of rotatable bonds is 36. The molecule has 3 aromatic carbocycles. The minimum atomic E-state index is -1.08. The van der Waals surface area contributed by atoms with Crippen LogP contribution in [0, 0.1) is 23.7 Å². The van der Waals surface area contributed by atoms with Crippen LogP contribution in [0.4, 0.5) is 25.8 Å². The number of amides is 10. The molecule has 1 aliphatic heterocycles. The summed E-state index contributed by atoms with van der Waals surface area (Å²) in [6.45, 7) is 24.7. The highest BCUT2D eigenvalue weighted by Crippen LogP contribution is 2.30. The Morgan fingerprint density at radius 3 is 1.90 bits per heavy atom. The maximum Gasteiger partial charge on any atom is 0.411 e. The first-order valence-corrected chi connectivity index (χ1v) is 33.2. The molecule has 97 heavy (non-hydrogen) atoms. The molecule has 4 rings (SSSR count). The molecule has 10 atom stereocenters. The van der Waals surface area contributed by atoms with Gasteiger partial charge in [0.1, 0.15) is 36.4 Å². The van der Waals surface area contributed by atoms with Crippen molar-refractivity contribution in [2.45, 2.75) is 194 Å². The van der Waals surface area contributed by atoms with Crippen LogP contribution in [0.2, 0.25) is 0 Å². The van der Waals surface area contributed by atoms with Crippen LogP contribution in [-0.4, -0.2) is 183 Å². The summed E-state index contributed by atoms with van der Waals surface area (Å²) in [5.41, 5.74) is 8.04. The van der Waals surface area contributed by atoms with Crippen LogP contribution in [0.5, 0.6) is 0 Å². The van der Waals surface area contributed by atoms with Crippen molar-refractivity contribution in [3.8, 4) is 0 Å². The fraction of sp³-hybridized carbons (Fsp3) is 0.577. The number of ether oxygens (including phenoxy) is 5. The van der Waals surface area contributed by atoms with Gasteiger partial charge in [0.05, 0.1) is 49.8 Å². The average molecular weight is 1350 g/mol. The largest absolute Gasteiger partial charge is 0.467 e. The van der Waals surface area contributed by atoms with Gasteiger partial charge in [0.2, 0.25) is 35.4 Å². The normalized spacial score (nSPS) is 15.9. The molecule has 0 unspecified atom stereocenters. The van der Waals surface area contributed by atoms with Gasteiger partial charge >= 0.3 is 24.2 Å². The van der Waals surface area contributed by atoms with E-state index in [1.165, 1.54) is 26.2 Å². The third-order valence-electron chi connectivity index (χ3n) is 17.0. The van der Waals surface area contributed by atoms with Crippen LogP contribution < -0.4 is 43.0 Å². The third kappa shape index (κ3) is 25.4. The number of primary amides is 1. The molecule has 1 heterocycles. The highest BCUT2D eigenvalue weighted by Gasteiger charge is 2.44. The number of benzene rings is 3. The van der Waals surface area contributed by atoms with Gasteiger partial charge in [0.15, 0.2) is 0 Å². The van der Waals surface area contributed by atoms with Crippen LogP contribution in [0.25, 0.3) is 0 Å². The summed E-state index contributed by atoms with van der Waals surface area (Å²) in [6.07, 6.45) is -0.989. The van der Waals surface area contributed by atoms with Crippen LogP contribution in [0.3, 0.4) is 0 Å². The average Bonchev–Trinajstić information content (AvgIpc) is 1.79. The third-order valence-corrected chi connectivity index (χ3v) is 17.0. The summed E-state index contributed by atoms with van der Waals surface area (Å²) < 4.78 is 28.0. The minimum absolute atomic E-state index is 0.114. The number of esters is 1. The van der Waals surface area contributed by atoms with Gasteiger partial charge < -0.3 is 71.1 Å². The summed E-state index contributed by atoms with van der Waals surface area (Å²) in [5.74, 6) is -5.00. The van der Waals surface area contributed by atoms with E-state index in [9.17, 15) is 47.9 Å². The van der Waals surface area contributed by atoms with Crippen molar-refractivity contribution < 1.29 is 71.6 Å². The van der Waals surface area contributed by atoms with Gasteiger partial charge in [0, 0.05) is 58.7 Å². The quantitative estimate of drug-likeness (QED) is 0.0123. The predicted molar refractivity (Wildman–Crippen MR) is 369 cm³/mol. The van der Waals surface area contributed by atoms with Gasteiger partial charge in [-0.3, -0.25) is 39.0 Å². The topological polar surface area (TPSA) is 337 Å². The van der Waals surface area contributed by atoms with Crippen LogP contribution in [0.1, 0.15) is 131 Å². The molecule has 0 spiro atoms. The summed E-state index contributed by atoms with van der Waals surface area (Å²) in [5, 5.41) is 19.3. The summed E-state index contributed by atoms with van der Waals surface area (Å²) >= 11 is 0. The van der Waals surface area contributed by atoms with Crippen molar-refractivity contribution in [2.75, 3.05) is 59.1 Å². The van der Waals surface area contributed by atoms with E-state index < -0.39 is 114 Å². The zero-order valence-electron chi connectivity index (χ0n) is 59.5. The molecule has 0 aliphatic carbocycles. The molecule has 1 saturated heterocycles. The highest BCUT2D eigenvalue weighted by molar-refractivity contribution is 5.98. The highest BCUT2D eigenvalue weighted by atomic mass is 16.6. The maximum atomic E-state index is 14.9. The van der Waals surface area contributed by atoms with Gasteiger partial charge in [-0.2, -0.15) is 0 Å². The first kappa shape index (κ1) is 80.8. The van der Waals surface area contributed by atoms with Crippen molar-refractivity contribution in [1.29, 1.82) is 0 Å². The predicted octanol–water partition coefficient (Wildman–Crippen LogP) is 7.19. The van der Waals surface area contributed by atoms with Crippen molar-refractivity contribution >= 4 is 71.0 Å². The zero-order chi connectivity index (χ0) is 72.4. The van der Waals surface area contributed by atoms with Crippen LogP contribution in [-0.2, 0) is 76.8 Å². The number of likely N-dealkylation sites (tertiary alicyclic amines) is 1. The Labute approximate surface area is 572 Å². The van der Waals surface area contributed by atoms with E-state index in [4.69, 9.17) is 29.4 Å². The Hall–Kier alpha value is -8.62. The fourth-order valence-corrected chi connectivity index (χ4v) is 11.9. The maximum absolute atomic E-state index is 14.9. The number of carbonyl (C=O) groups is 10. The molecule has 0 saturated carbocycles. The van der Waals surface area contributed by atoms with Gasteiger partial charge in [-0.1, -0.05) is 122 Å². The van der Waals surface area contributed by atoms with Crippen molar-refractivity contribution in [1.82, 2.24) is 41.3 Å². The molecule has 536 valence electrons. The number of likely N-dealkylation sites (N-methyl/N-ethyl adjacent to an activating group) is 2. The van der Waals surface area contributed by atoms with Gasteiger partial charge in [-0.15, -0.1) is 0 Å². The van der Waals surface area contributed by atoms with Crippen molar-refractivity contribution in [3.63, 3.8) is 0 Å². The second-order valence-electron chi connectivity index (χ2n) is 26.7.